The fourth-order valence-corrected chi connectivity index (χ4v) is 3.96. The first-order valence-electron chi connectivity index (χ1n) is 8.64. The number of carbonyl (C=O) groups is 3. The largest absolute Gasteiger partial charge is 0.493 e. The predicted octanol–water partition coefficient (Wildman–Crippen LogP) is 2.12. The van der Waals surface area contributed by atoms with Gasteiger partial charge in [0.15, 0.2) is 11.5 Å². The van der Waals surface area contributed by atoms with Gasteiger partial charge in [-0.1, -0.05) is 0 Å². The molecule has 0 aliphatic carbocycles. The van der Waals surface area contributed by atoms with E-state index in [9.17, 15) is 14.4 Å². The summed E-state index contributed by atoms with van der Waals surface area (Å²) in [6.07, 6.45) is 1.45. The average molecular weight is 407 g/mol. The van der Waals surface area contributed by atoms with Crippen molar-refractivity contribution in [1.82, 2.24) is 10.6 Å². The molecule has 0 aromatic heterocycles. The second-order valence-corrected chi connectivity index (χ2v) is 7.42. The SMILES string of the molecule is COc1cc(/C=C2/SC(=O)NC2=O)c(N2CCC(CNC(=O)O)C2)cc1OC. The first-order valence-corrected chi connectivity index (χ1v) is 9.45. The third kappa shape index (κ3) is 4.33. The molecule has 0 saturated carbocycles. The lowest BCUT2D eigenvalue weighted by Gasteiger charge is -2.23. The summed E-state index contributed by atoms with van der Waals surface area (Å²) >= 11 is 0.851. The summed E-state index contributed by atoms with van der Waals surface area (Å²) in [5.74, 6) is 0.804. The Hall–Kier alpha value is -2.88. The van der Waals surface area contributed by atoms with Gasteiger partial charge in [0.05, 0.1) is 19.1 Å². The van der Waals surface area contributed by atoms with Crippen LogP contribution in [0.5, 0.6) is 11.5 Å². The lowest BCUT2D eigenvalue weighted by molar-refractivity contribution is -0.115. The topological polar surface area (TPSA) is 117 Å². The zero-order valence-corrected chi connectivity index (χ0v) is 16.3. The van der Waals surface area contributed by atoms with Crippen molar-refractivity contribution >= 4 is 40.8 Å². The summed E-state index contributed by atoms with van der Waals surface area (Å²) in [6, 6.07) is 3.60. The summed E-state index contributed by atoms with van der Waals surface area (Å²) in [7, 11) is 3.07. The minimum Gasteiger partial charge on any atom is -0.493 e. The van der Waals surface area contributed by atoms with Gasteiger partial charge in [0.1, 0.15) is 0 Å². The van der Waals surface area contributed by atoms with E-state index in [1.807, 2.05) is 6.07 Å². The maximum atomic E-state index is 11.9. The molecule has 2 aliphatic rings. The number of carboxylic acid groups (broad SMARTS) is 1. The molecule has 28 heavy (non-hydrogen) atoms. The van der Waals surface area contributed by atoms with Crippen LogP contribution in [-0.2, 0) is 4.79 Å². The van der Waals surface area contributed by atoms with Gasteiger partial charge in [-0.25, -0.2) is 4.79 Å². The van der Waals surface area contributed by atoms with Crippen molar-refractivity contribution in [3.8, 4) is 11.5 Å². The molecule has 3 rings (SSSR count). The molecule has 150 valence electrons. The number of nitrogens with zero attached hydrogens (tertiary/aromatic N) is 1. The van der Waals surface area contributed by atoms with Gasteiger partial charge in [-0.15, -0.1) is 0 Å². The first-order chi connectivity index (χ1) is 13.4. The zero-order chi connectivity index (χ0) is 20.3. The van der Waals surface area contributed by atoms with Gasteiger partial charge in [0.25, 0.3) is 11.1 Å². The highest BCUT2D eigenvalue weighted by Gasteiger charge is 2.28. The van der Waals surface area contributed by atoms with E-state index in [2.05, 4.69) is 15.5 Å². The van der Waals surface area contributed by atoms with Crippen LogP contribution in [0.3, 0.4) is 0 Å². The summed E-state index contributed by atoms with van der Waals surface area (Å²) in [5, 5.41) is 13.1. The Bertz CT molecular complexity index is 841. The normalized spacial score (nSPS) is 20.4. The first kappa shape index (κ1) is 19.9. The molecule has 2 aliphatic heterocycles. The number of imide groups is 1. The number of methoxy groups -OCH3 is 2. The number of benzene rings is 1. The van der Waals surface area contributed by atoms with E-state index in [4.69, 9.17) is 14.6 Å². The van der Waals surface area contributed by atoms with Crippen LogP contribution in [0.15, 0.2) is 17.0 Å². The number of hydrogen-bond donors (Lipinski definition) is 3. The molecule has 1 aromatic carbocycles. The molecule has 0 radical (unpaired) electrons. The Morgan fingerprint density at radius 3 is 2.68 bits per heavy atom. The molecule has 3 N–H and O–H groups in total. The van der Waals surface area contributed by atoms with E-state index >= 15 is 0 Å². The zero-order valence-electron chi connectivity index (χ0n) is 15.5. The minimum atomic E-state index is -1.04. The quantitative estimate of drug-likeness (QED) is 0.614. The number of carbonyl (C=O) groups excluding carboxylic acids is 2. The van der Waals surface area contributed by atoms with Gasteiger partial charge in [0.2, 0.25) is 0 Å². The van der Waals surface area contributed by atoms with Crippen molar-refractivity contribution in [3.63, 3.8) is 0 Å². The average Bonchev–Trinajstić information content (AvgIpc) is 3.25. The van der Waals surface area contributed by atoms with E-state index in [0.717, 1.165) is 36.0 Å². The highest BCUT2D eigenvalue weighted by Crippen LogP contribution is 2.39. The van der Waals surface area contributed by atoms with Crippen molar-refractivity contribution in [3.05, 3.63) is 22.6 Å². The summed E-state index contributed by atoms with van der Waals surface area (Å²) in [4.78, 5) is 36.6. The van der Waals surface area contributed by atoms with Gasteiger partial charge >= 0.3 is 6.09 Å². The van der Waals surface area contributed by atoms with Crippen LogP contribution in [0, 0.1) is 5.92 Å². The lowest BCUT2D eigenvalue weighted by Crippen LogP contribution is -2.29. The molecular weight excluding hydrogens is 386 g/mol. The molecule has 9 nitrogen and oxygen atoms in total. The highest BCUT2D eigenvalue weighted by atomic mass is 32.2. The number of rotatable bonds is 6. The number of amides is 3. The molecule has 1 atom stereocenters. The van der Waals surface area contributed by atoms with Crippen molar-refractivity contribution < 1.29 is 29.0 Å². The van der Waals surface area contributed by atoms with Crippen molar-refractivity contribution in [1.29, 1.82) is 0 Å². The van der Waals surface area contributed by atoms with E-state index in [0.29, 0.717) is 29.5 Å². The highest BCUT2D eigenvalue weighted by molar-refractivity contribution is 8.18. The van der Waals surface area contributed by atoms with E-state index in [-0.39, 0.29) is 5.92 Å². The molecule has 0 bridgehead atoms. The maximum absolute atomic E-state index is 11.9. The number of anilines is 1. The Balaban J connectivity index is 1.93. The fourth-order valence-electron chi connectivity index (χ4n) is 3.29. The molecule has 2 fully saturated rings. The summed E-state index contributed by atoms with van der Waals surface area (Å²) < 4.78 is 10.8. The minimum absolute atomic E-state index is 0.176. The molecule has 0 spiro atoms. The van der Waals surface area contributed by atoms with Gasteiger partial charge in [-0.3, -0.25) is 14.9 Å². The number of thioether (sulfide) groups is 1. The molecular formula is C18H21N3O6S. The molecule has 1 aromatic rings. The molecule has 1 unspecified atom stereocenters. The molecule has 2 heterocycles. The second kappa shape index (κ2) is 8.42. The van der Waals surface area contributed by atoms with Crippen LogP contribution in [0.4, 0.5) is 15.3 Å². The van der Waals surface area contributed by atoms with Crippen molar-refractivity contribution in [2.75, 3.05) is 38.8 Å². The fraction of sp³-hybridized carbons (Fsp3) is 0.389. The van der Waals surface area contributed by atoms with Crippen molar-refractivity contribution in [2.45, 2.75) is 6.42 Å². The second-order valence-electron chi connectivity index (χ2n) is 6.41. The summed E-state index contributed by atoms with van der Waals surface area (Å²) in [5.41, 5.74) is 1.55. The third-order valence-corrected chi connectivity index (χ3v) is 5.44. The number of hydrogen-bond acceptors (Lipinski definition) is 7. The Labute approximate surface area is 166 Å². The van der Waals surface area contributed by atoms with Crippen molar-refractivity contribution in [2.24, 2.45) is 5.92 Å². The van der Waals surface area contributed by atoms with Crippen LogP contribution in [0.1, 0.15) is 12.0 Å². The molecule has 10 heteroatoms. The van der Waals surface area contributed by atoms with Crippen LogP contribution >= 0.6 is 11.8 Å². The third-order valence-electron chi connectivity index (χ3n) is 4.63. The monoisotopic (exact) mass is 407 g/mol. The molecule has 2 saturated heterocycles. The lowest BCUT2D eigenvalue weighted by atomic mass is 10.1. The van der Waals surface area contributed by atoms with Gasteiger partial charge in [0, 0.05) is 37.0 Å². The maximum Gasteiger partial charge on any atom is 0.404 e. The number of ether oxygens (including phenoxy) is 2. The summed E-state index contributed by atoms with van der Waals surface area (Å²) in [6.45, 7) is 1.77. The van der Waals surface area contributed by atoms with E-state index < -0.39 is 17.2 Å². The van der Waals surface area contributed by atoms with Crippen LogP contribution in [0.2, 0.25) is 0 Å². The van der Waals surface area contributed by atoms with E-state index in [1.54, 1.807) is 19.3 Å². The smallest absolute Gasteiger partial charge is 0.404 e. The van der Waals surface area contributed by atoms with E-state index in [1.165, 1.54) is 7.11 Å². The Morgan fingerprint density at radius 1 is 1.36 bits per heavy atom. The Kier molecular flexibility index (Phi) is 5.98. The van der Waals surface area contributed by atoms with Crippen LogP contribution in [0.25, 0.3) is 6.08 Å². The standard InChI is InChI=1S/C18H21N3O6S/c1-26-13-5-11(6-15-16(22)20-18(25)28-15)12(7-14(13)27-2)21-4-3-10(9-21)8-19-17(23)24/h5-7,10,19H,3-4,8-9H2,1-2H3,(H,23,24)(H,20,22,25)/b15-6+. The van der Waals surface area contributed by atoms with Crippen LogP contribution in [-0.4, -0.2) is 56.2 Å². The Morgan fingerprint density at radius 2 is 2.07 bits per heavy atom. The van der Waals surface area contributed by atoms with Crippen LogP contribution < -0.4 is 25.0 Å². The van der Waals surface area contributed by atoms with Gasteiger partial charge < -0.3 is 24.8 Å². The molecule has 3 amide bonds. The number of nitrogens with one attached hydrogen (secondary N) is 2. The van der Waals surface area contributed by atoms with Gasteiger partial charge in [-0.05, 0) is 36.2 Å². The van der Waals surface area contributed by atoms with Gasteiger partial charge in [-0.2, -0.15) is 0 Å². The predicted molar refractivity (Wildman–Crippen MR) is 105 cm³/mol.